The van der Waals surface area contributed by atoms with Crippen molar-refractivity contribution in [3.05, 3.63) is 34.9 Å². The highest BCUT2D eigenvalue weighted by Crippen LogP contribution is 2.93. The molecule has 46 atom stereocenters. The van der Waals surface area contributed by atoms with Gasteiger partial charge in [0.2, 0.25) is 0 Å². The zero-order chi connectivity index (χ0) is 98.8. The lowest BCUT2D eigenvalue weighted by atomic mass is 9.44. The summed E-state index contributed by atoms with van der Waals surface area (Å²) >= 11 is 0. The molecule has 136 heavy (non-hydrogen) atoms. The van der Waals surface area contributed by atoms with Crippen molar-refractivity contribution in [2.75, 3.05) is 19.8 Å². The minimum atomic E-state index is -1.90. The van der Waals surface area contributed by atoms with Crippen molar-refractivity contribution in [2.45, 2.75) is 456 Å². The lowest BCUT2D eigenvalue weighted by Crippen LogP contribution is -2.61. The Morgan fingerprint density at radius 3 is 1.38 bits per heavy atom. The number of fused-ring (bicyclic) bond motifs is 10. The number of carbonyl (C=O) groups is 3. The number of Topliss-reactive ketones (excluding diaryl/α,β-unsaturated/α-hetero) is 2. The van der Waals surface area contributed by atoms with Gasteiger partial charge in [0.15, 0.2) is 42.3 Å². The summed E-state index contributed by atoms with van der Waals surface area (Å²) in [5, 5.41) is 164. The summed E-state index contributed by atoms with van der Waals surface area (Å²) in [5.74, 6) is -2.98. The third-order valence-electron chi connectivity index (χ3n) is 44.9. The summed E-state index contributed by atoms with van der Waals surface area (Å²) in [6.45, 7) is 44.8. The molecule has 7 aliphatic heterocycles. The number of rotatable bonds is 14. The van der Waals surface area contributed by atoms with Gasteiger partial charge in [-0.2, -0.15) is 0 Å². The van der Waals surface area contributed by atoms with E-state index in [0.29, 0.717) is 37.5 Å². The molecule has 8 unspecified atom stereocenters. The van der Waals surface area contributed by atoms with Gasteiger partial charge in [0.1, 0.15) is 91.2 Å². The Morgan fingerprint density at radius 2 is 0.941 bits per heavy atom. The van der Waals surface area contributed by atoms with E-state index in [4.69, 9.17) is 52.1 Å². The Bertz CT molecular complexity index is 4840. The van der Waals surface area contributed by atoms with Crippen LogP contribution >= 0.6 is 0 Å². The van der Waals surface area contributed by atoms with Crippen molar-refractivity contribution in [3.63, 3.8) is 0 Å². The number of allylic oxidation sites excluding steroid dienone is 3. The van der Waals surface area contributed by atoms with Gasteiger partial charge in [0.05, 0.1) is 67.1 Å². The first kappa shape index (κ1) is 100. The first-order valence-electron chi connectivity index (χ1n) is 52.1. The van der Waals surface area contributed by atoms with Crippen LogP contribution < -0.4 is 0 Å². The quantitative estimate of drug-likeness (QED) is 0.0439. The highest BCUT2D eigenvalue weighted by molar-refractivity contribution is 5.90. The molecule has 29 nitrogen and oxygen atoms in total. The molecule has 12 saturated carbocycles. The molecular weight excluding hydrogens is 1750 g/mol. The molecule has 22 rings (SSSR count). The van der Waals surface area contributed by atoms with Crippen LogP contribution in [0.15, 0.2) is 34.9 Å². The van der Waals surface area contributed by atoms with Crippen LogP contribution in [0.2, 0.25) is 0 Å². The lowest BCUT2D eigenvalue weighted by Gasteiger charge is -2.61. The summed E-state index contributed by atoms with van der Waals surface area (Å²) in [6, 6.07) is 0. The van der Waals surface area contributed by atoms with Crippen LogP contribution in [0.5, 0.6) is 0 Å². The second kappa shape index (κ2) is 31.3. The number of epoxide rings is 1. The Balaban J connectivity index is 0.000000126. The van der Waals surface area contributed by atoms with E-state index in [2.05, 4.69) is 115 Å². The van der Waals surface area contributed by atoms with Crippen molar-refractivity contribution in [2.24, 2.45) is 134 Å². The molecule has 7 spiro atoms. The number of hydrogen-bond donors (Lipinski definition) is 15. The Labute approximate surface area is 802 Å². The zero-order valence-corrected chi connectivity index (χ0v) is 84.6. The fourth-order valence-electron chi connectivity index (χ4n) is 38.0. The molecule has 22 aliphatic rings. The van der Waals surface area contributed by atoms with Crippen LogP contribution in [-0.2, 0) is 66.5 Å². The van der Waals surface area contributed by atoms with Crippen molar-refractivity contribution >= 4 is 17.5 Å². The predicted octanol–water partition coefficient (Wildman–Crippen LogP) is 8.70. The SMILES string of the molecule is CC(=O)O[C@H]([C@H]1C[C@@H](C)[C@H]2[C@@](O)(O1)[C@H](O)[C@@]1(C)C3=CCC4C(C)(C)[C@@H](O[C@@H]5OC[C@@H](O)[C@@H](O)C5O)CC[C@@]45C[C@@]35CC[C@]21C)C(C)(C)O.C[C@@H]1C[C@H]2O[C@]3(O[C@H]2C(C)(C)O)[C@H]1[C@@]1(C)CC[C@@]24C[C@@]25CC[C@H](O[C@@H]2OC[C@@H](O)[C@@H](O)C2O)C(C)(C)C5CC=C4[C@]1(C)[C@H]3O.C[C@H](CC(=O)C1OC1(C)C)[C@H]1C(=O)C[C@@]2(C)C3=CCC4C(C)(C)[C@@H](O[C@@H]5OC[C@@H](O)[C@@H](O)C5O)CC[C@@]45C[C@@]35C(O)C[C@]12C. The van der Waals surface area contributed by atoms with E-state index < -0.39 is 173 Å². The molecule has 0 aromatic carbocycles. The van der Waals surface area contributed by atoms with Gasteiger partial charge in [-0.15, -0.1) is 0 Å². The van der Waals surface area contributed by atoms with Crippen molar-refractivity contribution in [1.29, 1.82) is 0 Å². The molecule has 0 amide bonds. The van der Waals surface area contributed by atoms with Crippen molar-refractivity contribution in [1.82, 2.24) is 0 Å². The number of carbonyl (C=O) groups excluding carboxylic acids is 3. The van der Waals surface area contributed by atoms with E-state index >= 15 is 0 Å². The monoisotopic (exact) mass is 1910 g/mol. The zero-order valence-electron chi connectivity index (χ0n) is 84.6. The molecule has 15 N–H and O–H groups in total. The van der Waals surface area contributed by atoms with Crippen LogP contribution in [0.25, 0.3) is 0 Å². The number of hydrogen-bond acceptors (Lipinski definition) is 29. The van der Waals surface area contributed by atoms with E-state index in [1.54, 1.807) is 27.7 Å². The molecule has 7 heterocycles. The van der Waals surface area contributed by atoms with Crippen LogP contribution in [0.3, 0.4) is 0 Å². The topological polar surface area (TPSA) is 459 Å². The molecular formula is C107H164O29. The largest absolute Gasteiger partial charge is 0.457 e. The van der Waals surface area contributed by atoms with E-state index in [0.717, 1.165) is 109 Å². The summed E-state index contributed by atoms with van der Waals surface area (Å²) < 4.78 is 67.4. The maximum absolute atomic E-state index is 13.9. The average Bonchev–Trinajstić information content (AvgIpc) is 1.45. The van der Waals surface area contributed by atoms with Gasteiger partial charge in [-0.3, -0.25) is 14.4 Å². The van der Waals surface area contributed by atoms with E-state index in [1.807, 2.05) is 20.8 Å². The smallest absolute Gasteiger partial charge is 0.303 e. The second-order valence-electron chi connectivity index (χ2n) is 53.5. The van der Waals surface area contributed by atoms with Crippen LogP contribution in [-0.4, -0.2) is 283 Å². The van der Waals surface area contributed by atoms with Gasteiger partial charge in [0, 0.05) is 59.2 Å². The highest BCUT2D eigenvalue weighted by Gasteiger charge is 2.90. The lowest BCUT2D eigenvalue weighted by molar-refractivity contribution is -0.341. The Hall–Kier alpha value is -2.97. The van der Waals surface area contributed by atoms with E-state index in [-0.39, 0.29) is 157 Å². The molecule has 29 heteroatoms. The van der Waals surface area contributed by atoms with Gasteiger partial charge >= 0.3 is 5.97 Å². The van der Waals surface area contributed by atoms with Crippen molar-refractivity contribution in [3.8, 4) is 0 Å². The molecule has 19 fully saturated rings. The van der Waals surface area contributed by atoms with Gasteiger partial charge in [0.25, 0.3) is 0 Å². The van der Waals surface area contributed by atoms with Gasteiger partial charge in [-0.25, -0.2) is 0 Å². The summed E-state index contributed by atoms with van der Waals surface area (Å²) in [5.41, 5.74) is -3.04. The van der Waals surface area contributed by atoms with E-state index in [1.165, 1.54) is 23.6 Å². The summed E-state index contributed by atoms with van der Waals surface area (Å²) in [4.78, 5) is 39.1. The van der Waals surface area contributed by atoms with Crippen LogP contribution in [0.4, 0.5) is 0 Å². The second-order valence-corrected chi connectivity index (χ2v) is 53.5. The molecule has 2 bridgehead atoms. The Kier molecular flexibility index (Phi) is 23.1. The number of esters is 1. The fraction of sp³-hybridized carbons (Fsp3) is 0.916. The molecule has 7 saturated heterocycles. The van der Waals surface area contributed by atoms with Crippen molar-refractivity contribution < 1.29 is 143 Å². The third-order valence-corrected chi connectivity index (χ3v) is 44.9. The van der Waals surface area contributed by atoms with Crippen LogP contribution in [0.1, 0.15) is 287 Å². The number of aliphatic hydroxyl groups is 15. The first-order chi connectivity index (χ1) is 62.9. The normalized spacial score (nSPS) is 56.2. The molecule has 0 aromatic heterocycles. The molecule has 0 radical (unpaired) electrons. The average molecular weight is 1910 g/mol. The minimum Gasteiger partial charge on any atom is -0.457 e. The first-order valence-corrected chi connectivity index (χ1v) is 52.1. The number of ether oxygens (including phenoxy) is 11. The molecule has 15 aliphatic carbocycles. The maximum atomic E-state index is 13.9. The predicted molar refractivity (Wildman–Crippen MR) is 490 cm³/mol. The highest BCUT2D eigenvalue weighted by atomic mass is 16.8. The molecule has 0 aromatic rings. The standard InChI is InChI=1S/C37H58O11.C35H54O9.C35H52O9/c1-18-15-21(28(32(5,6)43)46-19(2)38)48-37(44)27(18)33(7)13-14-36-17-35(36)12-11-24(47-29-26(41)25(40)20(39)16-45-29)31(3,4)22(35)9-10-23(36)34(33,8)30(37)42;1-17-14-19-26(30(4,5)40)44-35(43-19)25(17)31(6)12-13-34-16-33(34)11-10-22(42-27-24(38)23(37)18(36)15-41-27)29(2,3)20(33)8-9-21(34)32(31,7)28(35)39;1-17(12-18(36)28-31(4,5)44-28)25-19(37)13-32(6)22-9-8-21-30(2,3)24(43-29-27(41)26(40)20(38)15-42-29)10-11-34(21)16-35(22,34)23(39)14-33(25,32)7/h10,18,20-22,24-30,39-44H,9,11-17H2,1-8H3;9,17-20,22-28,36-40H,8,10-16H2,1-7H3;9,17,20-21,23-29,38-41H,8,10-16H2,1-7H3/t18-,20-,21-,22?,24+,25-,26?,27-,28-,29+,30-,33-,34-,35-,36+,37-;17-,18-,19-,20?,22+,23-,24?,25-,26-,27+,28-,31-,32-,33-,34+,35+;17-,20-,21?,23?,24+,25+,26-,27?,28?,29+,32+,33-,34-,35+/m111/s1. The van der Waals surface area contributed by atoms with Gasteiger partial charge in [-0.05, 0) is 259 Å². The third kappa shape index (κ3) is 13.0. The minimum absolute atomic E-state index is 0.0129. The van der Waals surface area contributed by atoms with E-state index in [9.17, 15) is 91.0 Å². The number of aliphatic hydroxyl groups excluding tert-OH is 12. The summed E-state index contributed by atoms with van der Waals surface area (Å²) in [6.07, 6.45) is 3.68. The fourth-order valence-corrected chi connectivity index (χ4v) is 38.0. The van der Waals surface area contributed by atoms with Crippen LogP contribution in [0, 0.1) is 134 Å². The van der Waals surface area contributed by atoms with Gasteiger partial charge in [-0.1, -0.05) is 139 Å². The molecule has 766 valence electrons. The number of ketones is 2. The summed E-state index contributed by atoms with van der Waals surface area (Å²) in [7, 11) is 0. The van der Waals surface area contributed by atoms with Gasteiger partial charge < -0.3 is 129 Å². The Morgan fingerprint density at radius 1 is 0.515 bits per heavy atom. The maximum Gasteiger partial charge on any atom is 0.303 e.